The van der Waals surface area contributed by atoms with Gasteiger partial charge in [0.1, 0.15) is 18.2 Å². The Hall–Kier alpha value is -3.38. The Morgan fingerprint density at radius 2 is 1.94 bits per heavy atom. The third-order valence-corrected chi connectivity index (χ3v) is 5.14. The third kappa shape index (κ3) is 5.41. The average Bonchev–Trinajstić information content (AvgIpc) is 3.19. The fourth-order valence-electron chi connectivity index (χ4n) is 3.22. The van der Waals surface area contributed by atoms with E-state index in [4.69, 9.17) is 16.3 Å². The van der Waals surface area contributed by atoms with Crippen molar-refractivity contribution in [1.29, 1.82) is 0 Å². The monoisotopic (exact) mass is 437 g/mol. The molecule has 1 amide bonds. The van der Waals surface area contributed by atoms with E-state index in [1.54, 1.807) is 16.8 Å². The Kier molecular flexibility index (Phi) is 6.48. The summed E-state index contributed by atoms with van der Waals surface area (Å²) in [5, 5.41) is 8.37. The van der Waals surface area contributed by atoms with Crippen LogP contribution < -0.4 is 10.1 Å². The molecule has 7 heteroatoms. The molecule has 0 aliphatic carbocycles. The number of benzene rings is 3. The number of hydrogen-bond donors (Lipinski definition) is 1. The smallest absolute Gasteiger partial charge is 0.251 e. The quantitative estimate of drug-likeness (QED) is 0.427. The van der Waals surface area contributed by atoms with E-state index in [-0.39, 0.29) is 10.9 Å². The molecule has 0 radical (unpaired) electrons. The number of fused-ring (bicyclic) bond motifs is 1. The fraction of sp³-hybridized carbons (Fsp3) is 0.167. The van der Waals surface area contributed by atoms with Gasteiger partial charge in [0.15, 0.2) is 0 Å². The van der Waals surface area contributed by atoms with Gasteiger partial charge in [-0.2, -0.15) is 5.10 Å². The van der Waals surface area contributed by atoms with E-state index in [1.165, 1.54) is 17.7 Å². The first-order valence-electron chi connectivity index (χ1n) is 9.96. The van der Waals surface area contributed by atoms with Gasteiger partial charge in [0.2, 0.25) is 0 Å². The Morgan fingerprint density at radius 1 is 1.10 bits per heavy atom. The highest BCUT2D eigenvalue weighted by molar-refractivity contribution is 6.30. The highest BCUT2D eigenvalue weighted by Crippen LogP contribution is 2.20. The molecule has 4 rings (SSSR count). The van der Waals surface area contributed by atoms with Crippen molar-refractivity contribution in [1.82, 2.24) is 15.1 Å². The minimum absolute atomic E-state index is 0.0607. The van der Waals surface area contributed by atoms with E-state index >= 15 is 0 Å². The Labute approximate surface area is 184 Å². The molecule has 0 atom stereocenters. The van der Waals surface area contributed by atoms with Crippen molar-refractivity contribution >= 4 is 28.4 Å². The number of nitrogens with one attached hydrogen (secondary N) is 1. The van der Waals surface area contributed by atoms with Crippen LogP contribution in [0, 0.1) is 5.82 Å². The lowest BCUT2D eigenvalue weighted by Gasteiger charge is -2.06. The zero-order chi connectivity index (χ0) is 21.6. The molecule has 0 aliphatic rings. The van der Waals surface area contributed by atoms with Crippen molar-refractivity contribution in [2.45, 2.75) is 13.0 Å². The van der Waals surface area contributed by atoms with Crippen molar-refractivity contribution in [3.63, 3.8) is 0 Å². The van der Waals surface area contributed by atoms with Gasteiger partial charge < -0.3 is 10.1 Å². The zero-order valence-corrected chi connectivity index (χ0v) is 17.5. The van der Waals surface area contributed by atoms with Gasteiger partial charge in [-0.15, -0.1) is 0 Å². The molecule has 1 aromatic heterocycles. The van der Waals surface area contributed by atoms with Crippen molar-refractivity contribution < 1.29 is 13.9 Å². The van der Waals surface area contributed by atoms with Crippen molar-refractivity contribution in [2.75, 3.05) is 13.2 Å². The predicted molar refractivity (Wildman–Crippen MR) is 119 cm³/mol. The highest BCUT2D eigenvalue weighted by atomic mass is 35.5. The van der Waals surface area contributed by atoms with E-state index in [0.29, 0.717) is 31.0 Å². The number of carbonyl (C=O) groups is 1. The van der Waals surface area contributed by atoms with Crippen LogP contribution in [0.3, 0.4) is 0 Å². The molecule has 0 fully saturated rings. The molecule has 0 saturated carbocycles. The summed E-state index contributed by atoms with van der Waals surface area (Å²) in [5.74, 6) is -0.217. The van der Waals surface area contributed by atoms with Gasteiger partial charge in [-0.3, -0.25) is 9.48 Å². The van der Waals surface area contributed by atoms with E-state index < -0.39 is 5.82 Å². The van der Waals surface area contributed by atoms with Gasteiger partial charge in [0.25, 0.3) is 5.91 Å². The molecule has 0 saturated heterocycles. The van der Waals surface area contributed by atoms with E-state index in [1.807, 2.05) is 48.7 Å². The Balaban J connectivity index is 1.32. The number of hydrogen-bond acceptors (Lipinski definition) is 3. The van der Waals surface area contributed by atoms with Crippen LogP contribution in [-0.4, -0.2) is 28.8 Å². The molecular weight excluding hydrogens is 417 g/mol. The standard InChI is InChI=1S/C24H21ClFN3O2/c25-21-8-7-20(15-22(21)26)31-13-12-29-16-19-14-18(6-9-23(19)28-29)24(30)27-11-10-17-4-2-1-3-5-17/h1-9,14-16H,10-13H2,(H,27,30). The normalized spacial score (nSPS) is 10.9. The maximum atomic E-state index is 13.5. The van der Waals surface area contributed by atoms with Crippen LogP contribution in [0.5, 0.6) is 5.75 Å². The molecule has 0 spiro atoms. The van der Waals surface area contributed by atoms with E-state index in [9.17, 15) is 9.18 Å². The highest BCUT2D eigenvalue weighted by Gasteiger charge is 2.09. The molecule has 0 aliphatic heterocycles. The largest absolute Gasteiger partial charge is 0.492 e. The number of nitrogens with zero attached hydrogens (tertiary/aromatic N) is 2. The number of carbonyl (C=O) groups excluding carboxylic acids is 1. The summed E-state index contributed by atoms with van der Waals surface area (Å²) < 4.78 is 20.8. The van der Waals surface area contributed by atoms with Gasteiger partial charge in [-0.05, 0) is 42.3 Å². The van der Waals surface area contributed by atoms with Crippen LogP contribution in [0.4, 0.5) is 4.39 Å². The van der Waals surface area contributed by atoms with Gasteiger partial charge in [0, 0.05) is 29.8 Å². The summed E-state index contributed by atoms with van der Waals surface area (Å²) in [5.41, 5.74) is 2.56. The lowest BCUT2D eigenvalue weighted by atomic mass is 10.1. The van der Waals surface area contributed by atoms with Crippen LogP contribution in [0.1, 0.15) is 15.9 Å². The Bertz CT molecular complexity index is 1190. The summed E-state index contributed by atoms with van der Waals surface area (Å²) in [4.78, 5) is 12.5. The summed E-state index contributed by atoms with van der Waals surface area (Å²) in [7, 11) is 0. The lowest BCUT2D eigenvalue weighted by Crippen LogP contribution is -2.25. The van der Waals surface area contributed by atoms with Gasteiger partial charge in [0.05, 0.1) is 17.1 Å². The SMILES string of the molecule is O=C(NCCc1ccccc1)c1ccc2nn(CCOc3ccc(Cl)c(F)c3)cc2c1. The van der Waals surface area contributed by atoms with Crippen molar-refractivity contribution in [2.24, 2.45) is 0 Å². The molecule has 1 heterocycles. The second-order valence-electron chi connectivity index (χ2n) is 7.08. The van der Waals surface area contributed by atoms with Crippen LogP contribution in [0.25, 0.3) is 10.9 Å². The molecule has 4 aromatic rings. The summed E-state index contributed by atoms with van der Waals surface area (Å²) in [6, 6.07) is 19.8. The van der Waals surface area contributed by atoms with Crippen molar-refractivity contribution in [3.8, 4) is 5.75 Å². The van der Waals surface area contributed by atoms with E-state index in [2.05, 4.69) is 10.4 Å². The first-order valence-corrected chi connectivity index (χ1v) is 10.3. The minimum atomic E-state index is -0.515. The first kappa shape index (κ1) is 20.9. The molecule has 31 heavy (non-hydrogen) atoms. The maximum absolute atomic E-state index is 13.5. The first-order chi connectivity index (χ1) is 15.1. The number of halogens is 2. The molecule has 0 unspecified atom stereocenters. The second kappa shape index (κ2) is 9.62. The van der Waals surface area contributed by atoms with E-state index in [0.717, 1.165) is 17.3 Å². The van der Waals surface area contributed by atoms with Gasteiger partial charge >= 0.3 is 0 Å². The number of rotatable bonds is 8. The number of aromatic nitrogens is 2. The van der Waals surface area contributed by atoms with Crippen molar-refractivity contribution in [3.05, 3.63) is 94.9 Å². The molecule has 1 N–H and O–H groups in total. The van der Waals surface area contributed by atoms with Crippen LogP contribution in [0.2, 0.25) is 5.02 Å². The number of ether oxygens (including phenoxy) is 1. The topological polar surface area (TPSA) is 56.2 Å². The second-order valence-corrected chi connectivity index (χ2v) is 7.49. The van der Waals surface area contributed by atoms with Gasteiger partial charge in [-0.25, -0.2) is 4.39 Å². The summed E-state index contributed by atoms with van der Waals surface area (Å²) in [6.45, 7) is 1.38. The van der Waals surface area contributed by atoms with Crippen LogP contribution in [-0.2, 0) is 13.0 Å². The Morgan fingerprint density at radius 3 is 2.74 bits per heavy atom. The lowest BCUT2D eigenvalue weighted by molar-refractivity contribution is 0.0954. The molecule has 158 valence electrons. The molecule has 3 aromatic carbocycles. The average molecular weight is 438 g/mol. The fourth-order valence-corrected chi connectivity index (χ4v) is 3.34. The van der Waals surface area contributed by atoms with Crippen LogP contribution >= 0.6 is 11.6 Å². The maximum Gasteiger partial charge on any atom is 0.251 e. The third-order valence-electron chi connectivity index (χ3n) is 4.84. The minimum Gasteiger partial charge on any atom is -0.492 e. The van der Waals surface area contributed by atoms with Crippen LogP contribution in [0.15, 0.2) is 72.9 Å². The summed E-state index contributed by atoms with van der Waals surface area (Å²) >= 11 is 5.67. The number of amides is 1. The predicted octanol–water partition coefficient (Wildman–Crippen LogP) is 4.88. The zero-order valence-electron chi connectivity index (χ0n) is 16.7. The summed E-state index contributed by atoms with van der Waals surface area (Å²) in [6.07, 6.45) is 2.65. The molecule has 5 nitrogen and oxygen atoms in total. The van der Waals surface area contributed by atoms with Gasteiger partial charge in [-0.1, -0.05) is 41.9 Å². The molecular formula is C24H21ClFN3O2. The molecule has 0 bridgehead atoms.